The molecular formula is C23H27ClN4O4. The summed E-state index contributed by atoms with van der Waals surface area (Å²) in [6, 6.07) is 9.82. The summed E-state index contributed by atoms with van der Waals surface area (Å²) < 4.78 is 0. The molecule has 0 bridgehead atoms. The van der Waals surface area contributed by atoms with E-state index in [9.17, 15) is 19.5 Å². The molecule has 2 aromatic rings. The first-order valence-corrected chi connectivity index (χ1v) is 10.8. The molecule has 2 aromatic carbocycles. The normalized spacial score (nSPS) is 21.4. The van der Waals surface area contributed by atoms with Crippen LogP contribution in [0.5, 0.6) is 0 Å². The van der Waals surface area contributed by atoms with Gasteiger partial charge in [-0.05, 0) is 73.6 Å². The molecule has 1 saturated carbocycles. The number of halogens is 1. The Morgan fingerprint density at radius 2 is 1.91 bits per heavy atom. The fourth-order valence-electron chi connectivity index (χ4n) is 4.28. The summed E-state index contributed by atoms with van der Waals surface area (Å²) in [5.74, 6) is -1.73. The number of nitrogens with one attached hydrogen (secondary N) is 1. The van der Waals surface area contributed by atoms with Gasteiger partial charge >= 0.3 is 5.97 Å². The summed E-state index contributed by atoms with van der Waals surface area (Å²) in [5, 5.41) is 13.0. The molecule has 1 fully saturated rings. The van der Waals surface area contributed by atoms with E-state index in [0.717, 1.165) is 0 Å². The summed E-state index contributed by atoms with van der Waals surface area (Å²) in [7, 11) is 0. The lowest BCUT2D eigenvalue weighted by Gasteiger charge is -2.39. The molecule has 170 valence electrons. The Bertz CT molecular complexity index is 998. The van der Waals surface area contributed by atoms with Crippen molar-refractivity contribution < 1.29 is 19.5 Å². The maximum atomic E-state index is 13.6. The van der Waals surface area contributed by atoms with E-state index in [0.29, 0.717) is 42.1 Å². The number of aliphatic carboxylic acids is 1. The van der Waals surface area contributed by atoms with Crippen LogP contribution >= 0.6 is 11.6 Å². The van der Waals surface area contributed by atoms with Gasteiger partial charge in [0, 0.05) is 23.0 Å². The highest BCUT2D eigenvalue weighted by molar-refractivity contribution is 6.33. The van der Waals surface area contributed by atoms with E-state index in [1.54, 1.807) is 24.3 Å². The lowest BCUT2D eigenvalue weighted by atomic mass is 9.75. The number of amides is 2. The second kappa shape index (κ2) is 10.0. The van der Waals surface area contributed by atoms with Crippen molar-refractivity contribution in [1.82, 2.24) is 0 Å². The molecule has 3 rings (SSSR count). The fraction of sp³-hybridized carbons (Fsp3) is 0.348. The molecular weight excluding hydrogens is 432 g/mol. The SMILES string of the molecule is CC1C[C@H]([C@@H](C(=O)O)N(C(=O)c2ccc(Cl)c(N)c2)c2ccc(NC=O)cc2)CC[C@@H]1N. The van der Waals surface area contributed by atoms with E-state index in [1.807, 2.05) is 6.92 Å². The average molecular weight is 459 g/mol. The predicted molar refractivity (Wildman–Crippen MR) is 125 cm³/mol. The standard InChI is InChI=1S/C23H27ClN4O4/c1-13-10-14(3-9-19(13)25)21(23(31)32)28(17-6-4-16(5-7-17)27-12-29)22(30)15-2-8-18(24)20(26)11-15/h2,4-8,11-14,19,21H,3,9-10,25-26H2,1H3,(H,27,29)(H,31,32)/t13?,14-,19+,21+/m1/s1. The minimum absolute atomic E-state index is 0.00890. The zero-order valence-corrected chi connectivity index (χ0v) is 18.5. The first kappa shape index (κ1) is 23.6. The quantitative estimate of drug-likeness (QED) is 0.370. The molecule has 0 aromatic heterocycles. The van der Waals surface area contributed by atoms with Crippen LogP contribution in [-0.4, -0.2) is 35.5 Å². The van der Waals surface area contributed by atoms with Crippen molar-refractivity contribution in [3.8, 4) is 0 Å². The minimum atomic E-state index is -1.10. The van der Waals surface area contributed by atoms with Crippen LogP contribution in [-0.2, 0) is 9.59 Å². The Labute approximate surface area is 191 Å². The zero-order chi connectivity index (χ0) is 23.4. The summed E-state index contributed by atoms with van der Waals surface area (Å²) >= 11 is 6.00. The Morgan fingerprint density at radius 1 is 1.22 bits per heavy atom. The van der Waals surface area contributed by atoms with Crippen molar-refractivity contribution in [1.29, 1.82) is 0 Å². The molecule has 0 spiro atoms. The van der Waals surface area contributed by atoms with Crippen LogP contribution in [0.1, 0.15) is 36.5 Å². The molecule has 0 aliphatic heterocycles. The first-order chi connectivity index (χ1) is 15.2. The van der Waals surface area contributed by atoms with Crippen LogP contribution < -0.4 is 21.7 Å². The number of nitrogens with zero attached hydrogens (tertiary/aromatic N) is 1. The van der Waals surface area contributed by atoms with Gasteiger partial charge in [0.2, 0.25) is 6.41 Å². The summed E-state index contributed by atoms with van der Waals surface area (Å²) in [6.45, 7) is 2.00. The predicted octanol–water partition coefficient (Wildman–Crippen LogP) is 3.35. The van der Waals surface area contributed by atoms with Gasteiger partial charge in [-0.25, -0.2) is 4.79 Å². The first-order valence-electron chi connectivity index (χ1n) is 10.4. The minimum Gasteiger partial charge on any atom is -0.480 e. The van der Waals surface area contributed by atoms with Crippen LogP contribution in [0.2, 0.25) is 5.02 Å². The van der Waals surface area contributed by atoms with Gasteiger partial charge in [-0.3, -0.25) is 14.5 Å². The van der Waals surface area contributed by atoms with Crippen LogP contribution in [0, 0.1) is 11.8 Å². The van der Waals surface area contributed by atoms with Crippen molar-refractivity contribution in [2.45, 2.75) is 38.3 Å². The number of hydrogen-bond donors (Lipinski definition) is 4. The van der Waals surface area contributed by atoms with Gasteiger partial charge in [-0.2, -0.15) is 0 Å². The number of carbonyl (C=O) groups excluding carboxylic acids is 2. The van der Waals surface area contributed by atoms with Gasteiger partial charge in [-0.1, -0.05) is 18.5 Å². The van der Waals surface area contributed by atoms with E-state index in [1.165, 1.54) is 23.1 Å². The lowest BCUT2D eigenvalue weighted by Crippen LogP contribution is -2.52. The maximum absolute atomic E-state index is 13.6. The highest BCUT2D eigenvalue weighted by atomic mass is 35.5. The second-order valence-electron chi connectivity index (χ2n) is 8.22. The molecule has 6 N–H and O–H groups in total. The topological polar surface area (TPSA) is 139 Å². The van der Waals surface area contributed by atoms with Crippen molar-refractivity contribution >= 4 is 46.9 Å². The third-order valence-corrected chi connectivity index (χ3v) is 6.43. The highest BCUT2D eigenvalue weighted by Crippen LogP contribution is 2.35. The number of carboxylic acids is 1. The Kier molecular flexibility index (Phi) is 7.37. The van der Waals surface area contributed by atoms with Gasteiger partial charge in [0.1, 0.15) is 6.04 Å². The molecule has 8 nitrogen and oxygen atoms in total. The molecule has 4 atom stereocenters. The van der Waals surface area contributed by atoms with Gasteiger partial charge in [-0.15, -0.1) is 0 Å². The molecule has 9 heteroatoms. The molecule has 0 radical (unpaired) electrons. The number of benzene rings is 2. The molecule has 1 aliphatic carbocycles. The van der Waals surface area contributed by atoms with E-state index in [2.05, 4.69) is 5.32 Å². The Balaban J connectivity index is 2.06. The number of hydrogen-bond acceptors (Lipinski definition) is 5. The van der Waals surface area contributed by atoms with Crippen molar-refractivity contribution in [3.05, 3.63) is 53.1 Å². The monoisotopic (exact) mass is 458 g/mol. The number of anilines is 3. The smallest absolute Gasteiger partial charge is 0.327 e. The summed E-state index contributed by atoms with van der Waals surface area (Å²) in [4.78, 5) is 38.1. The third-order valence-electron chi connectivity index (χ3n) is 6.09. The number of nitrogens with two attached hydrogens (primary N) is 2. The number of carboxylic acid groups (broad SMARTS) is 1. The van der Waals surface area contributed by atoms with Crippen molar-refractivity contribution in [2.75, 3.05) is 16.0 Å². The average Bonchev–Trinajstić information content (AvgIpc) is 2.76. The van der Waals surface area contributed by atoms with E-state index in [-0.39, 0.29) is 29.1 Å². The van der Waals surface area contributed by atoms with Gasteiger partial charge in [0.25, 0.3) is 5.91 Å². The maximum Gasteiger partial charge on any atom is 0.327 e. The number of carbonyl (C=O) groups is 3. The van der Waals surface area contributed by atoms with E-state index in [4.69, 9.17) is 23.1 Å². The molecule has 0 saturated heterocycles. The largest absolute Gasteiger partial charge is 0.480 e. The molecule has 32 heavy (non-hydrogen) atoms. The Hall–Kier alpha value is -3.10. The van der Waals surface area contributed by atoms with Crippen LogP contribution in [0.25, 0.3) is 0 Å². The van der Waals surface area contributed by atoms with Crippen LogP contribution in [0.3, 0.4) is 0 Å². The van der Waals surface area contributed by atoms with Crippen molar-refractivity contribution in [3.63, 3.8) is 0 Å². The molecule has 0 heterocycles. The van der Waals surface area contributed by atoms with E-state index >= 15 is 0 Å². The number of rotatable bonds is 7. The second-order valence-corrected chi connectivity index (χ2v) is 8.63. The highest BCUT2D eigenvalue weighted by Gasteiger charge is 2.41. The van der Waals surface area contributed by atoms with Gasteiger partial charge in [0.15, 0.2) is 0 Å². The zero-order valence-electron chi connectivity index (χ0n) is 17.7. The molecule has 1 aliphatic rings. The summed E-state index contributed by atoms with van der Waals surface area (Å²) in [5.41, 5.74) is 13.4. The van der Waals surface area contributed by atoms with E-state index < -0.39 is 17.9 Å². The van der Waals surface area contributed by atoms with Crippen LogP contribution in [0.4, 0.5) is 17.1 Å². The van der Waals surface area contributed by atoms with Gasteiger partial charge in [0.05, 0.1) is 10.7 Å². The van der Waals surface area contributed by atoms with Crippen molar-refractivity contribution in [2.24, 2.45) is 17.6 Å². The fourth-order valence-corrected chi connectivity index (χ4v) is 4.39. The molecule has 2 amide bonds. The summed E-state index contributed by atoms with van der Waals surface area (Å²) in [6.07, 6.45) is 2.42. The molecule has 1 unspecified atom stereocenters. The van der Waals surface area contributed by atoms with Crippen LogP contribution in [0.15, 0.2) is 42.5 Å². The number of nitrogen functional groups attached to an aromatic ring is 1. The lowest BCUT2D eigenvalue weighted by molar-refractivity contribution is -0.140. The third kappa shape index (κ3) is 5.03. The van der Waals surface area contributed by atoms with Gasteiger partial charge < -0.3 is 21.9 Å². The Morgan fingerprint density at radius 3 is 2.47 bits per heavy atom.